The number of nitriles is 1. The Morgan fingerprint density at radius 3 is 2.72 bits per heavy atom. The lowest BCUT2D eigenvalue weighted by atomic mass is 9.76. The molecule has 0 saturated carbocycles. The van der Waals surface area contributed by atoms with E-state index in [0.717, 1.165) is 21.6 Å². The Hall–Kier alpha value is -2.70. The molecule has 2 N–H and O–H groups in total. The van der Waals surface area contributed by atoms with Crippen molar-refractivity contribution in [3.05, 3.63) is 69.5 Å². The normalized spacial score (nSPS) is 19.3. The Labute approximate surface area is 192 Å². The number of anilines is 1. The second kappa shape index (κ2) is 8.68. The van der Waals surface area contributed by atoms with Crippen molar-refractivity contribution in [3.63, 3.8) is 0 Å². The molecule has 0 radical (unpaired) electrons. The lowest BCUT2D eigenvalue weighted by Crippen LogP contribution is -2.39. The van der Waals surface area contributed by atoms with Crippen LogP contribution in [0.4, 0.5) is 18.9 Å². The van der Waals surface area contributed by atoms with E-state index < -0.39 is 17.7 Å². The summed E-state index contributed by atoms with van der Waals surface area (Å²) in [7, 11) is 0. The van der Waals surface area contributed by atoms with Crippen LogP contribution in [0.1, 0.15) is 43.2 Å². The van der Waals surface area contributed by atoms with Crippen molar-refractivity contribution in [1.82, 2.24) is 0 Å². The number of Topliss-reactive ketones (excluding diaryl/α,β-unsaturated/α-hetero) is 1. The van der Waals surface area contributed by atoms with Crippen LogP contribution in [-0.2, 0) is 11.0 Å². The monoisotopic (exact) mass is 475 g/mol. The van der Waals surface area contributed by atoms with Gasteiger partial charge in [-0.05, 0) is 47.7 Å². The van der Waals surface area contributed by atoms with Gasteiger partial charge in [-0.1, -0.05) is 19.1 Å². The van der Waals surface area contributed by atoms with Gasteiger partial charge >= 0.3 is 6.18 Å². The summed E-state index contributed by atoms with van der Waals surface area (Å²) in [5.41, 5.74) is 7.15. The van der Waals surface area contributed by atoms with Gasteiger partial charge in [0.05, 0.1) is 33.0 Å². The Kier molecular flexibility index (Phi) is 6.10. The molecule has 4 nitrogen and oxygen atoms in total. The highest BCUT2D eigenvalue weighted by Gasteiger charge is 2.43. The van der Waals surface area contributed by atoms with Crippen LogP contribution in [0.5, 0.6) is 0 Å². The van der Waals surface area contributed by atoms with Gasteiger partial charge in [-0.25, -0.2) is 0 Å². The molecule has 32 heavy (non-hydrogen) atoms. The summed E-state index contributed by atoms with van der Waals surface area (Å²) in [5.74, 6) is -0.0602. The lowest BCUT2D eigenvalue weighted by molar-refractivity contribution is -0.137. The molecule has 1 unspecified atom stereocenters. The number of hydrogen-bond acceptors (Lipinski definition) is 6. The van der Waals surface area contributed by atoms with E-state index in [-0.39, 0.29) is 22.9 Å². The third kappa shape index (κ3) is 3.71. The molecule has 1 aliphatic heterocycles. The van der Waals surface area contributed by atoms with Crippen LogP contribution in [-0.4, -0.2) is 11.5 Å². The number of nitrogens with zero attached hydrogens (tertiary/aromatic N) is 2. The Morgan fingerprint density at radius 2 is 2.03 bits per heavy atom. The topological polar surface area (TPSA) is 70.1 Å². The number of carbonyl (C=O) groups is 1. The summed E-state index contributed by atoms with van der Waals surface area (Å²) in [6.07, 6.45) is -3.39. The predicted octanol–water partition coefficient (Wildman–Crippen LogP) is 6.18. The largest absolute Gasteiger partial charge is 0.418 e. The van der Waals surface area contributed by atoms with E-state index in [2.05, 4.69) is 6.07 Å². The first kappa shape index (κ1) is 22.5. The number of allylic oxidation sites excluding steroid dienone is 3. The number of benzene rings is 1. The summed E-state index contributed by atoms with van der Waals surface area (Å²) in [6, 6.07) is 9.12. The van der Waals surface area contributed by atoms with Gasteiger partial charge in [-0.2, -0.15) is 18.4 Å². The number of halogens is 3. The Balaban J connectivity index is 2.00. The number of para-hydroxylation sites is 1. The highest BCUT2D eigenvalue weighted by molar-refractivity contribution is 8.01. The quantitative estimate of drug-likeness (QED) is 0.535. The number of thioether (sulfide) groups is 1. The molecule has 1 aliphatic carbocycles. The number of hydrogen-bond donors (Lipinski definition) is 1. The number of carbonyl (C=O) groups excluding carboxylic acids is 1. The standard InChI is InChI=1S/C23H20F3N3OS2/c1-2-31-22-13(10-11-32-22)19-14(12-27)21(28)29(17-8-5-9-18(30)20(17)19)16-7-4-3-6-15(16)23(24,25)26/h3-4,6-7,10-11,19H,2,5,8-9,28H2,1H3. The van der Waals surface area contributed by atoms with E-state index in [0.29, 0.717) is 30.5 Å². The van der Waals surface area contributed by atoms with Gasteiger partial charge in [0.2, 0.25) is 0 Å². The van der Waals surface area contributed by atoms with Crippen LogP contribution >= 0.6 is 23.1 Å². The highest BCUT2D eigenvalue weighted by atomic mass is 32.2. The lowest BCUT2D eigenvalue weighted by Gasteiger charge is -2.40. The van der Waals surface area contributed by atoms with Gasteiger partial charge in [0.25, 0.3) is 0 Å². The minimum atomic E-state index is -4.61. The summed E-state index contributed by atoms with van der Waals surface area (Å²) in [4.78, 5) is 14.4. The summed E-state index contributed by atoms with van der Waals surface area (Å²) in [5, 5.41) is 11.9. The van der Waals surface area contributed by atoms with E-state index in [9.17, 15) is 23.2 Å². The van der Waals surface area contributed by atoms with E-state index in [4.69, 9.17) is 5.73 Å². The fraction of sp³-hybridized carbons (Fsp3) is 0.304. The fourth-order valence-corrected chi connectivity index (χ4v) is 6.42. The number of alkyl halides is 3. The number of thiophene rings is 1. The first-order chi connectivity index (χ1) is 15.3. The van der Waals surface area contributed by atoms with Crippen molar-refractivity contribution >= 4 is 34.6 Å². The van der Waals surface area contributed by atoms with Gasteiger partial charge in [0, 0.05) is 17.7 Å². The summed E-state index contributed by atoms with van der Waals surface area (Å²) < 4.78 is 42.4. The third-order valence-electron chi connectivity index (χ3n) is 5.61. The minimum absolute atomic E-state index is 0.0544. The number of nitrogens with two attached hydrogens (primary N) is 1. The van der Waals surface area contributed by atoms with Crippen molar-refractivity contribution < 1.29 is 18.0 Å². The minimum Gasteiger partial charge on any atom is -0.384 e. The maximum atomic E-state index is 13.8. The molecule has 0 bridgehead atoms. The molecule has 4 rings (SSSR count). The second-order valence-electron chi connectivity index (χ2n) is 7.43. The molecule has 1 aromatic heterocycles. The van der Waals surface area contributed by atoms with Crippen LogP contribution in [0.3, 0.4) is 0 Å². The molecular formula is C23H20F3N3OS2. The molecule has 1 aromatic carbocycles. The fourth-order valence-electron chi connectivity index (χ4n) is 4.35. The first-order valence-corrected chi connectivity index (χ1v) is 12.0. The van der Waals surface area contributed by atoms with Gasteiger partial charge in [0.1, 0.15) is 5.82 Å². The maximum Gasteiger partial charge on any atom is 0.418 e. The van der Waals surface area contributed by atoms with E-state index in [1.165, 1.54) is 34.4 Å². The van der Waals surface area contributed by atoms with Gasteiger partial charge in [-0.3, -0.25) is 9.69 Å². The molecule has 0 spiro atoms. The average molecular weight is 476 g/mol. The first-order valence-electron chi connectivity index (χ1n) is 10.1. The third-order valence-corrected chi connectivity index (χ3v) is 7.76. The van der Waals surface area contributed by atoms with Crippen LogP contribution in [0, 0.1) is 11.3 Å². The van der Waals surface area contributed by atoms with Gasteiger partial charge in [0.15, 0.2) is 5.78 Å². The molecule has 0 saturated heterocycles. The predicted molar refractivity (Wildman–Crippen MR) is 120 cm³/mol. The maximum absolute atomic E-state index is 13.8. The van der Waals surface area contributed by atoms with Gasteiger partial charge in [-0.15, -0.1) is 23.1 Å². The van der Waals surface area contributed by atoms with E-state index >= 15 is 0 Å². The molecule has 166 valence electrons. The van der Waals surface area contributed by atoms with E-state index in [1.54, 1.807) is 11.8 Å². The average Bonchev–Trinajstić information content (AvgIpc) is 3.20. The second-order valence-corrected chi connectivity index (χ2v) is 9.88. The molecule has 1 atom stereocenters. The van der Waals surface area contributed by atoms with Crippen LogP contribution in [0.15, 0.2) is 62.6 Å². The molecule has 2 aliphatic rings. The molecule has 2 aromatic rings. The molecular weight excluding hydrogens is 455 g/mol. The molecule has 0 amide bonds. The van der Waals surface area contributed by atoms with Crippen molar-refractivity contribution in [1.29, 1.82) is 5.26 Å². The highest BCUT2D eigenvalue weighted by Crippen LogP contribution is 2.50. The Bertz CT molecular complexity index is 1170. The summed E-state index contributed by atoms with van der Waals surface area (Å²) in [6.45, 7) is 2.01. The van der Waals surface area contributed by atoms with Crippen molar-refractivity contribution in [2.75, 3.05) is 10.7 Å². The molecule has 0 fully saturated rings. The van der Waals surface area contributed by atoms with Crippen LogP contribution in [0.25, 0.3) is 0 Å². The number of ketones is 1. The zero-order chi connectivity index (χ0) is 23.0. The van der Waals surface area contributed by atoms with Gasteiger partial charge < -0.3 is 5.73 Å². The smallest absolute Gasteiger partial charge is 0.384 e. The van der Waals surface area contributed by atoms with Crippen LogP contribution < -0.4 is 10.6 Å². The van der Waals surface area contributed by atoms with Crippen molar-refractivity contribution in [2.24, 2.45) is 5.73 Å². The zero-order valence-electron chi connectivity index (χ0n) is 17.2. The number of rotatable bonds is 4. The van der Waals surface area contributed by atoms with Crippen molar-refractivity contribution in [2.45, 2.75) is 42.5 Å². The molecule has 9 heteroatoms. The van der Waals surface area contributed by atoms with Crippen molar-refractivity contribution in [3.8, 4) is 6.07 Å². The van der Waals surface area contributed by atoms with Crippen LogP contribution in [0.2, 0.25) is 0 Å². The SMILES string of the molecule is CCSc1sccc1C1C(C#N)=C(N)N(c2ccccc2C(F)(F)F)C2=C1C(=O)CCC2. The zero-order valence-corrected chi connectivity index (χ0v) is 18.8. The van der Waals surface area contributed by atoms with E-state index in [1.807, 2.05) is 18.4 Å². The summed E-state index contributed by atoms with van der Waals surface area (Å²) >= 11 is 3.13. The molecule has 2 heterocycles. The Morgan fingerprint density at radius 1 is 1.28 bits per heavy atom.